The third kappa shape index (κ3) is 3.71. The molecule has 2 rings (SSSR count). The molecule has 21 heavy (non-hydrogen) atoms. The normalized spacial score (nSPS) is 13.8. The van der Waals surface area contributed by atoms with Crippen molar-refractivity contribution in [2.75, 3.05) is 25.5 Å². The van der Waals surface area contributed by atoms with Gasteiger partial charge in [0.1, 0.15) is 0 Å². The second-order valence-corrected chi connectivity index (χ2v) is 5.43. The molecule has 1 aliphatic carbocycles. The Morgan fingerprint density at radius 1 is 1.48 bits per heavy atom. The number of hydrogen-bond acceptors (Lipinski definition) is 4. The van der Waals surface area contributed by atoms with Crippen LogP contribution >= 0.6 is 0 Å². The standard InChI is InChI=1S/C15H21N3O3/c1-3-8-17(10-11-4-5-11)15(19)13-9-12(18(20)21)6-7-14(13)16-2/h6-7,9,11,16H,3-5,8,10H2,1-2H3. The maximum atomic E-state index is 12.7. The summed E-state index contributed by atoms with van der Waals surface area (Å²) in [5, 5.41) is 13.9. The minimum atomic E-state index is -0.471. The number of benzene rings is 1. The van der Waals surface area contributed by atoms with Crippen LogP contribution in [0, 0.1) is 16.0 Å². The lowest BCUT2D eigenvalue weighted by Crippen LogP contribution is -2.34. The predicted molar refractivity (Wildman–Crippen MR) is 81.6 cm³/mol. The van der Waals surface area contributed by atoms with Gasteiger partial charge in [0.25, 0.3) is 11.6 Å². The van der Waals surface area contributed by atoms with Crippen molar-refractivity contribution in [2.45, 2.75) is 26.2 Å². The molecule has 6 heteroatoms. The van der Waals surface area contributed by atoms with Gasteiger partial charge in [-0.05, 0) is 31.2 Å². The third-order valence-electron chi connectivity index (χ3n) is 3.67. The third-order valence-corrected chi connectivity index (χ3v) is 3.67. The zero-order valence-corrected chi connectivity index (χ0v) is 12.5. The van der Waals surface area contributed by atoms with Crippen LogP contribution in [0.2, 0.25) is 0 Å². The van der Waals surface area contributed by atoms with E-state index >= 15 is 0 Å². The minimum Gasteiger partial charge on any atom is -0.387 e. The lowest BCUT2D eigenvalue weighted by atomic mass is 10.1. The summed E-state index contributed by atoms with van der Waals surface area (Å²) >= 11 is 0. The molecule has 0 heterocycles. The number of anilines is 1. The topological polar surface area (TPSA) is 75.5 Å². The summed E-state index contributed by atoms with van der Waals surface area (Å²) in [6, 6.07) is 4.37. The highest BCUT2D eigenvalue weighted by Gasteiger charge is 2.28. The maximum Gasteiger partial charge on any atom is 0.270 e. The van der Waals surface area contributed by atoms with Gasteiger partial charge < -0.3 is 10.2 Å². The predicted octanol–water partition coefficient (Wildman–Crippen LogP) is 2.90. The molecule has 1 aromatic rings. The first-order valence-corrected chi connectivity index (χ1v) is 7.32. The van der Waals surface area contributed by atoms with E-state index in [1.54, 1.807) is 13.1 Å². The summed E-state index contributed by atoms with van der Waals surface area (Å²) in [5.41, 5.74) is 0.948. The summed E-state index contributed by atoms with van der Waals surface area (Å²) in [6.07, 6.45) is 3.21. The molecule has 0 atom stereocenters. The molecular formula is C15H21N3O3. The number of rotatable bonds is 7. The van der Waals surface area contributed by atoms with Gasteiger partial charge in [0.2, 0.25) is 0 Å². The summed E-state index contributed by atoms with van der Waals surface area (Å²) in [5.74, 6) is 0.467. The number of non-ortho nitro benzene ring substituents is 1. The van der Waals surface area contributed by atoms with Gasteiger partial charge >= 0.3 is 0 Å². The van der Waals surface area contributed by atoms with E-state index < -0.39 is 4.92 Å². The van der Waals surface area contributed by atoms with Gasteiger partial charge in [-0.3, -0.25) is 14.9 Å². The molecule has 0 spiro atoms. The Morgan fingerprint density at radius 2 is 2.19 bits per heavy atom. The molecule has 0 aromatic heterocycles. The Morgan fingerprint density at radius 3 is 2.71 bits per heavy atom. The molecule has 0 radical (unpaired) electrons. The zero-order valence-electron chi connectivity index (χ0n) is 12.5. The molecular weight excluding hydrogens is 270 g/mol. The fraction of sp³-hybridized carbons (Fsp3) is 0.533. The van der Waals surface area contributed by atoms with Crippen LogP contribution in [0.3, 0.4) is 0 Å². The first-order valence-electron chi connectivity index (χ1n) is 7.32. The van der Waals surface area contributed by atoms with E-state index in [4.69, 9.17) is 0 Å². The summed E-state index contributed by atoms with van der Waals surface area (Å²) in [4.78, 5) is 25.0. The van der Waals surface area contributed by atoms with Gasteiger partial charge in [0.05, 0.1) is 10.5 Å². The summed E-state index contributed by atoms with van der Waals surface area (Å²) in [6.45, 7) is 3.46. The highest BCUT2D eigenvalue weighted by atomic mass is 16.6. The van der Waals surface area contributed by atoms with Crippen molar-refractivity contribution in [2.24, 2.45) is 5.92 Å². The van der Waals surface area contributed by atoms with Gasteiger partial charge in [-0.15, -0.1) is 0 Å². The molecule has 0 bridgehead atoms. The number of nitrogens with one attached hydrogen (secondary N) is 1. The van der Waals surface area contributed by atoms with Crippen molar-refractivity contribution in [3.05, 3.63) is 33.9 Å². The number of carbonyl (C=O) groups is 1. The van der Waals surface area contributed by atoms with Crippen LogP contribution in [-0.2, 0) is 0 Å². The molecule has 1 aliphatic rings. The van der Waals surface area contributed by atoms with Crippen molar-refractivity contribution in [3.63, 3.8) is 0 Å². The Balaban J connectivity index is 2.29. The SMILES string of the molecule is CCCN(CC1CC1)C(=O)c1cc([N+](=O)[O-])ccc1NC. The first kappa shape index (κ1) is 15.3. The van der Waals surface area contributed by atoms with E-state index in [9.17, 15) is 14.9 Å². The Bertz CT molecular complexity index is 541. The van der Waals surface area contributed by atoms with Crippen molar-refractivity contribution in [1.82, 2.24) is 4.90 Å². The fourth-order valence-electron chi connectivity index (χ4n) is 2.37. The molecule has 114 valence electrons. The second-order valence-electron chi connectivity index (χ2n) is 5.43. The van der Waals surface area contributed by atoms with Gasteiger partial charge in [0.15, 0.2) is 0 Å². The minimum absolute atomic E-state index is 0.0554. The van der Waals surface area contributed by atoms with Crippen LogP contribution in [0.1, 0.15) is 36.5 Å². The van der Waals surface area contributed by atoms with Crippen molar-refractivity contribution < 1.29 is 9.72 Å². The number of nitrogens with zero attached hydrogens (tertiary/aromatic N) is 2. The Hall–Kier alpha value is -2.11. The smallest absolute Gasteiger partial charge is 0.270 e. The van der Waals surface area contributed by atoms with Crippen LogP contribution in [0.25, 0.3) is 0 Å². The number of amides is 1. The lowest BCUT2D eigenvalue weighted by Gasteiger charge is -2.23. The lowest BCUT2D eigenvalue weighted by molar-refractivity contribution is -0.384. The average Bonchev–Trinajstić information content (AvgIpc) is 3.29. The van der Waals surface area contributed by atoms with Crippen LogP contribution in [0.4, 0.5) is 11.4 Å². The number of nitro benzene ring substituents is 1. The quantitative estimate of drug-likeness (QED) is 0.619. The number of carbonyl (C=O) groups excluding carboxylic acids is 1. The van der Waals surface area contributed by atoms with E-state index in [2.05, 4.69) is 5.32 Å². The van der Waals surface area contributed by atoms with E-state index in [1.807, 2.05) is 11.8 Å². The second kappa shape index (κ2) is 6.56. The van der Waals surface area contributed by atoms with Crippen LogP contribution in [0.5, 0.6) is 0 Å². The largest absolute Gasteiger partial charge is 0.387 e. The molecule has 1 fully saturated rings. The molecule has 0 saturated heterocycles. The average molecular weight is 291 g/mol. The summed E-state index contributed by atoms with van der Waals surface area (Å²) in [7, 11) is 1.71. The number of hydrogen-bond donors (Lipinski definition) is 1. The highest BCUT2D eigenvalue weighted by molar-refractivity contribution is 6.00. The molecule has 6 nitrogen and oxygen atoms in total. The zero-order chi connectivity index (χ0) is 15.4. The Labute approximate surface area is 124 Å². The van der Waals surface area contributed by atoms with Gasteiger partial charge in [-0.25, -0.2) is 0 Å². The molecule has 1 saturated carbocycles. The van der Waals surface area contributed by atoms with Gasteiger partial charge in [-0.2, -0.15) is 0 Å². The van der Waals surface area contributed by atoms with Crippen molar-refractivity contribution in [3.8, 4) is 0 Å². The fourth-order valence-corrected chi connectivity index (χ4v) is 2.37. The van der Waals surface area contributed by atoms with Crippen LogP contribution < -0.4 is 5.32 Å². The molecule has 0 aliphatic heterocycles. The molecule has 0 unspecified atom stereocenters. The maximum absolute atomic E-state index is 12.7. The van der Waals surface area contributed by atoms with E-state index in [0.717, 1.165) is 13.0 Å². The summed E-state index contributed by atoms with van der Waals surface area (Å²) < 4.78 is 0. The van der Waals surface area contributed by atoms with Crippen molar-refractivity contribution in [1.29, 1.82) is 0 Å². The van der Waals surface area contributed by atoms with Gasteiger partial charge in [-0.1, -0.05) is 6.92 Å². The van der Waals surface area contributed by atoms with E-state index in [-0.39, 0.29) is 11.6 Å². The number of nitro groups is 1. The van der Waals surface area contributed by atoms with Crippen LogP contribution in [0.15, 0.2) is 18.2 Å². The van der Waals surface area contributed by atoms with Gasteiger partial charge in [0, 0.05) is 38.0 Å². The Kier molecular flexibility index (Phi) is 4.77. The molecule has 1 aromatic carbocycles. The highest BCUT2D eigenvalue weighted by Crippen LogP contribution is 2.31. The first-order chi connectivity index (χ1) is 10.1. The van der Waals surface area contributed by atoms with E-state index in [0.29, 0.717) is 23.7 Å². The van der Waals surface area contributed by atoms with E-state index in [1.165, 1.54) is 25.0 Å². The molecule has 1 amide bonds. The molecule has 1 N–H and O–H groups in total. The van der Waals surface area contributed by atoms with Crippen molar-refractivity contribution >= 4 is 17.3 Å². The monoisotopic (exact) mass is 291 g/mol. The van der Waals surface area contributed by atoms with Crippen LogP contribution in [-0.4, -0.2) is 35.9 Å².